The van der Waals surface area contributed by atoms with Gasteiger partial charge in [-0.25, -0.2) is 4.39 Å². The van der Waals surface area contributed by atoms with Crippen molar-refractivity contribution >= 4 is 18.2 Å². The zero-order valence-corrected chi connectivity index (χ0v) is 14.1. The molecule has 1 aliphatic heterocycles. The Hall–Kier alpha value is -2.06. The van der Waals surface area contributed by atoms with E-state index in [0.29, 0.717) is 12.2 Å². The molecule has 0 amide bonds. The Balaban J connectivity index is 1.68. The molecule has 2 heterocycles. The standard InChI is InChI=1S/C16H18FN3O3S/c1-22-15(21)11-6-8-19(9-7-11)10-20-16(24)23-14(18-20)12-4-2-3-5-13(12)17/h2-5,11H,6-10H2,1H3/p+1. The van der Waals surface area contributed by atoms with Crippen LogP contribution in [0, 0.1) is 16.6 Å². The van der Waals surface area contributed by atoms with Gasteiger partial charge in [0.15, 0.2) is 6.67 Å². The van der Waals surface area contributed by atoms with Gasteiger partial charge in [0.1, 0.15) is 5.82 Å². The fourth-order valence-electron chi connectivity index (χ4n) is 2.95. The molecule has 1 N–H and O–H groups in total. The largest absolute Gasteiger partial charge is 0.469 e. The number of likely N-dealkylation sites (tertiary alicyclic amines) is 1. The summed E-state index contributed by atoms with van der Waals surface area (Å²) in [5.74, 6) is -0.388. The van der Waals surface area contributed by atoms with Gasteiger partial charge in [-0.15, -0.1) is 5.10 Å². The monoisotopic (exact) mass is 352 g/mol. The van der Waals surface area contributed by atoms with Crippen LogP contribution in [0.25, 0.3) is 11.5 Å². The maximum Gasteiger partial charge on any atom is 0.309 e. The van der Waals surface area contributed by atoms with Gasteiger partial charge in [0.2, 0.25) is 5.89 Å². The molecular formula is C16H19FN3O3S+. The third-order valence-corrected chi connectivity index (χ3v) is 4.61. The van der Waals surface area contributed by atoms with Gasteiger partial charge >= 0.3 is 5.97 Å². The number of piperidine rings is 1. The fraction of sp³-hybridized carbons (Fsp3) is 0.438. The lowest BCUT2D eigenvalue weighted by Crippen LogP contribution is -3.12. The lowest BCUT2D eigenvalue weighted by Gasteiger charge is -2.27. The molecule has 0 aliphatic carbocycles. The summed E-state index contributed by atoms with van der Waals surface area (Å²) in [5, 5.41) is 4.30. The molecule has 1 aromatic carbocycles. The summed E-state index contributed by atoms with van der Waals surface area (Å²) in [6.45, 7) is 2.18. The third-order valence-electron chi connectivity index (χ3n) is 4.31. The molecule has 24 heavy (non-hydrogen) atoms. The van der Waals surface area contributed by atoms with Crippen molar-refractivity contribution in [2.24, 2.45) is 5.92 Å². The number of esters is 1. The molecule has 0 atom stereocenters. The summed E-state index contributed by atoms with van der Waals surface area (Å²) >= 11 is 5.19. The SMILES string of the molecule is COC(=O)C1CC[NH+](Cn2nc(-c3ccccc3F)oc2=S)CC1. The first-order chi connectivity index (χ1) is 11.6. The first kappa shape index (κ1) is 16.8. The normalized spacial score (nSPS) is 20.8. The van der Waals surface area contributed by atoms with E-state index in [4.69, 9.17) is 21.4 Å². The number of carbonyl (C=O) groups excluding carboxylic acids is 1. The average Bonchev–Trinajstić information content (AvgIpc) is 2.95. The van der Waals surface area contributed by atoms with Crippen LogP contribution in [0.3, 0.4) is 0 Å². The van der Waals surface area contributed by atoms with Crippen LogP contribution in [0.4, 0.5) is 4.39 Å². The fourth-order valence-corrected chi connectivity index (χ4v) is 3.13. The smallest absolute Gasteiger partial charge is 0.309 e. The van der Waals surface area contributed by atoms with E-state index < -0.39 is 5.82 Å². The highest BCUT2D eigenvalue weighted by molar-refractivity contribution is 7.71. The second-order valence-corrected chi connectivity index (χ2v) is 6.21. The summed E-state index contributed by atoms with van der Waals surface area (Å²) in [4.78, 5) is 13.0. The predicted octanol–water partition coefficient (Wildman–Crippen LogP) is 1.44. The third kappa shape index (κ3) is 3.54. The molecule has 1 aliphatic rings. The van der Waals surface area contributed by atoms with Crippen molar-refractivity contribution in [3.05, 3.63) is 34.9 Å². The maximum atomic E-state index is 13.8. The molecule has 1 fully saturated rings. The highest BCUT2D eigenvalue weighted by Crippen LogP contribution is 2.20. The second-order valence-electron chi connectivity index (χ2n) is 5.86. The van der Waals surface area contributed by atoms with Gasteiger partial charge in [0.25, 0.3) is 4.84 Å². The quantitative estimate of drug-likeness (QED) is 0.666. The first-order valence-corrected chi connectivity index (χ1v) is 8.23. The number of carbonyl (C=O) groups is 1. The lowest BCUT2D eigenvalue weighted by molar-refractivity contribution is -0.929. The number of halogens is 1. The zero-order valence-electron chi connectivity index (χ0n) is 13.3. The van der Waals surface area contributed by atoms with E-state index in [2.05, 4.69) is 5.10 Å². The summed E-state index contributed by atoms with van der Waals surface area (Å²) in [5.41, 5.74) is 0.293. The zero-order chi connectivity index (χ0) is 17.1. The minimum absolute atomic E-state index is 0.0296. The van der Waals surface area contributed by atoms with Gasteiger partial charge in [-0.05, 0) is 24.4 Å². The van der Waals surface area contributed by atoms with Crippen LogP contribution in [0.1, 0.15) is 12.8 Å². The Morgan fingerprint density at radius 2 is 2.17 bits per heavy atom. The second kappa shape index (κ2) is 7.23. The molecular weight excluding hydrogens is 333 g/mol. The van der Waals surface area contributed by atoms with Crippen molar-refractivity contribution in [2.45, 2.75) is 19.5 Å². The van der Waals surface area contributed by atoms with E-state index >= 15 is 0 Å². The number of nitrogens with one attached hydrogen (secondary N) is 1. The Kier molecular flexibility index (Phi) is 5.06. The number of benzene rings is 1. The van der Waals surface area contributed by atoms with Gasteiger partial charge in [-0.1, -0.05) is 12.1 Å². The van der Waals surface area contributed by atoms with Gasteiger partial charge in [-0.2, -0.15) is 4.68 Å². The molecule has 0 bridgehead atoms. The molecule has 2 aromatic rings. The molecule has 1 aromatic heterocycles. The minimum atomic E-state index is -0.396. The number of methoxy groups -OCH3 is 1. The van der Waals surface area contributed by atoms with E-state index in [-0.39, 0.29) is 22.6 Å². The molecule has 0 unspecified atom stereocenters. The van der Waals surface area contributed by atoms with Crippen LogP contribution in [0.5, 0.6) is 0 Å². The van der Waals surface area contributed by atoms with Crippen molar-refractivity contribution in [3.63, 3.8) is 0 Å². The van der Waals surface area contributed by atoms with Gasteiger partial charge in [0.05, 0.1) is 31.7 Å². The Morgan fingerprint density at radius 3 is 2.83 bits per heavy atom. The predicted molar refractivity (Wildman–Crippen MR) is 86.2 cm³/mol. The number of ether oxygens (including phenoxy) is 1. The van der Waals surface area contributed by atoms with Crippen molar-refractivity contribution in [1.29, 1.82) is 0 Å². The maximum absolute atomic E-state index is 13.8. The summed E-state index contributed by atoms with van der Waals surface area (Å²) in [6.07, 6.45) is 1.54. The van der Waals surface area contributed by atoms with Crippen molar-refractivity contribution in [3.8, 4) is 11.5 Å². The molecule has 3 rings (SSSR count). The topological polar surface area (TPSA) is 61.7 Å². The Morgan fingerprint density at radius 1 is 1.46 bits per heavy atom. The van der Waals surface area contributed by atoms with E-state index in [1.54, 1.807) is 22.9 Å². The highest BCUT2D eigenvalue weighted by Gasteiger charge is 2.28. The van der Waals surface area contributed by atoms with Crippen molar-refractivity contribution in [2.75, 3.05) is 20.2 Å². The Labute approximate surface area is 143 Å². The molecule has 1 saturated heterocycles. The van der Waals surface area contributed by atoms with Crippen molar-refractivity contribution < 1.29 is 23.2 Å². The highest BCUT2D eigenvalue weighted by atomic mass is 32.1. The first-order valence-electron chi connectivity index (χ1n) is 7.82. The van der Waals surface area contributed by atoms with Crippen LogP contribution in [0.2, 0.25) is 0 Å². The minimum Gasteiger partial charge on any atom is -0.469 e. The molecule has 128 valence electrons. The van der Waals surface area contributed by atoms with Crippen LogP contribution < -0.4 is 4.90 Å². The molecule has 0 saturated carbocycles. The molecule has 8 heteroatoms. The van der Waals surface area contributed by atoms with E-state index in [1.165, 1.54) is 18.1 Å². The number of nitrogens with zero attached hydrogens (tertiary/aromatic N) is 2. The number of rotatable bonds is 4. The van der Waals surface area contributed by atoms with Crippen LogP contribution >= 0.6 is 12.2 Å². The van der Waals surface area contributed by atoms with Crippen LogP contribution in [-0.2, 0) is 16.2 Å². The Bertz CT molecular complexity index is 781. The molecule has 6 nitrogen and oxygen atoms in total. The van der Waals surface area contributed by atoms with Gasteiger partial charge in [0, 0.05) is 12.8 Å². The lowest BCUT2D eigenvalue weighted by atomic mass is 9.97. The van der Waals surface area contributed by atoms with Crippen LogP contribution in [-0.4, -0.2) is 35.9 Å². The van der Waals surface area contributed by atoms with E-state index in [0.717, 1.165) is 25.9 Å². The summed E-state index contributed by atoms with van der Waals surface area (Å²) < 4.78 is 25.6. The van der Waals surface area contributed by atoms with Gasteiger partial charge in [-0.3, -0.25) is 4.79 Å². The summed E-state index contributed by atoms with van der Waals surface area (Å²) in [7, 11) is 1.42. The van der Waals surface area contributed by atoms with Crippen LogP contribution in [0.15, 0.2) is 28.7 Å². The molecule has 0 spiro atoms. The number of hydrogen-bond acceptors (Lipinski definition) is 5. The average molecular weight is 352 g/mol. The number of aromatic nitrogens is 2. The number of quaternary nitrogens is 1. The number of hydrogen-bond donors (Lipinski definition) is 1. The van der Waals surface area contributed by atoms with Crippen molar-refractivity contribution in [1.82, 2.24) is 9.78 Å². The molecule has 0 radical (unpaired) electrons. The van der Waals surface area contributed by atoms with E-state index in [1.807, 2.05) is 0 Å². The van der Waals surface area contributed by atoms with Gasteiger partial charge < -0.3 is 14.1 Å². The van der Waals surface area contributed by atoms with E-state index in [9.17, 15) is 9.18 Å². The summed E-state index contributed by atoms with van der Waals surface area (Å²) in [6, 6.07) is 6.30.